The minimum Gasteiger partial charge on any atom is -0.306 e. The highest BCUT2D eigenvalue weighted by atomic mass is 35.5. The number of nitrogens with zero attached hydrogens (tertiary/aromatic N) is 4. The van der Waals surface area contributed by atoms with Crippen molar-refractivity contribution in [3.05, 3.63) is 35.9 Å². The van der Waals surface area contributed by atoms with Gasteiger partial charge in [0.25, 0.3) is 5.91 Å². The summed E-state index contributed by atoms with van der Waals surface area (Å²) in [5, 5.41) is 11.9. The summed E-state index contributed by atoms with van der Waals surface area (Å²) in [5.41, 5.74) is 0.606. The molecule has 0 unspecified atom stereocenters. The number of thioether (sulfide) groups is 1. The Balaban J connectivity index is 1.99. The van der Waals surface area contributed by atoms with Gasteiger partial charge in [-0.3, -0.25) is 15.2 Å². The zero-order chi connectivity index (χ0) is 19.3. The van der Waals surface area contributed by atoms with Gasteiger partial charge in [-0.1, -0.05) is 11.6 Å². The molecule has 2 aromatic rings. The van der Waals surface area contributed by atoms with E-state index < -0.39 is 18.5 Å². The Labute approximate surface area is 156 Å². The first kappa shape index (κ1) is 20.2. The van der Waals surface area contributed by atoms with E-state index in [1.54, 1.807) is 24.5 Å². The van der Waals surface area contributed by atoms with Crippen molar-refractivity contribution in [2.75, 3.05) is 23.5 Å². The third-order valence-corrected chi connectivity index (χ3v) is 4.52. The molecule has 2 rings (SSSR count). The van der Waals surface area contributed by atoms with Crippen LogP contribution in [0.4, 0.5) is 18.9 Å². The van der Waals surface area contributed by atoms with Gasteiger partial charge in [-0.2, -0.15) is 30.0 Å². The summed E-state index contributed by atoms with van der Waals surface area (Å²) < 4.78 is 37.8. The number of nitrogens with one attached hydrogen (secondary N) is 1. The van der Waals surface area contributed by atoms with Crippen LogP contribution in [-0.4, -0.2) is 51.1 Å². The highest BCUT2D eigenvalue weighted by Gasteiger charge is 2.27. The predicted octanol–water partition coefficient (Wildman–Crippen LogP) is 3.59. The Kier molecular flexibility index (Phi) is 6.65. The summed E-state index contributed by atoms with van der Waals surface area (Å²) in [6.07, 6.45) is -0.526. The van der Waals surface area contributed by atoms with E-state index in [9.17, 15) is 18.0 Å². The number of halogens is 4. The van der Waals surface area contributed by atoms with Crippen LogP contribution < -0.4 is 4.90 Å². The number of amides is 1. The van der Waals surface area contributed by atoms with Crippen molar-refractivity contribution in [1.29, 1.82) is 5.41 Å². The fourth-order valence-corrected chi connectivity index (χ4v) is 3.03. The number of hydrogen-bond donors (Lipinski definition) is 1. The number of pyridine rings is 1. The molecule has 11 heteroatoms. The Morgan fingerprint density at radius 2 is 2.19 bits per heavy atom. The number of hydrogen-bond acceptors (Lipinski definition) is 5. The van der Waals surface area contributed by atoms with E-state index in [1.165, 1.54) is 17.9 Å². The van der Waals surface area contributed by atoms with Crippen LogP contribution in [0.25, 0.3) is 5.69 Å². The monoisotopic (exact) mass is 405 g/mol. The molecule has 26 heavy (non-hydrogen) atoms. The molecular formula is C15H15ClF3N5OS. The average molecular weight is 406 g/mol. The summed E-state index contributed by atoms with van der Waals surface area (Å²) in [7, 11) is 1.42. The van der Waals surface area contributed by atoms with E-state index in [0.29, 0.717) is 5.69 Å². The highest BCUT2D eigenvalue weighted by Crippen LogP contribution is 2.26. The third kappa shape index (κ3) is 5.46. The molecule has 0 aliphatic rings. The second-order valence-corrected chi connectivity index (χ2v) is 6.68. The molecule has 1 N–H and O–H groups in total. The second-order valence-electron chi connectivity index (χ2n) is 5.22. The first-order chi connectivity index (χ1) is 12.2. The van der Waals surface area contributed by atoms with Gasteiger partial charge < -0.3 is 4.90 Å². The lowest BCUT2D eigenvalue weighted by Gasteiger charge is -2.16. The fraction of sp³-hybridized carbons (Fsp3) is 0.333. The van der Waals surface area contributed by atoms with Gasteiger partial charge in [0.2, 0.25) is 0 Å². The summed E-state index contributed by atoms with van der Waals surface area (Å²) in [4.78, 5) is 17.4. The Morgan fingerprint density at radius 1 is 1.46 bits per heavy atom. The normalized spacial score (nSPS) is 11.4. The zero-order valence-electron chi connectivity index (χ0n) is 13.6. The lowest BCUT2D eigenvalue weighted by Crippen LogP contribution is -2.34. The smallest absolute Gasteiger partial charge is 0.306 e. The van der Waals surface area contributed by atoms with E-state index in [0.717, 1.165) is 16.7 Å². The van der Waals surface area contributed by atoms with Crippen LogP contribution >= 0.6 is 23.4 Å². The number of rotatable bonds is 7. The number of carbonyl (C=O) groups is 1. The van der Waals surface area contributed by atoms with E-state index in [4.69, 9.17) is 17.0 Å². The van der Waals surface area contributed by atoms with Crippen molar-refractivity contribution in [3.8, 4) is 5.69 Å². The van der Waals surface area contributed by atoms with Gasteiger partial charge in [0.1, 0.15) is 11.4 Å². The first-order valence-corrected chi connectivity index (χ1v) is 8.88. The third-order valence-electron chi connectivity index (χ3n) is 3.26. The fourth-order valence-electron chi connectivity index (χ4n) is 1.93. The van der Waals surface area contributed by atoms with Crippen molar-refractivity contribution < 1.29 is 18.0 Å². The second kappa shape index (κ2) is 8.54. The summed E-state index contributed by atoms with van der Waals surface area (Å²) >= 11 is 6.95. The molecule has 0 fully saturated rings. The van der Waals surface area contributed by atoms with E-state index in [-0.39, 0.29) is 28.1 Å². The maximum Gasteiger partial charge on any atom is 0.389 e. The van der Waals surface area contributed by atoms with Gasteiger partial charge in [-0.05, 0) is 12.1 Å². The molecule has 0 radical (unpaired) electrons. The van der Waals surface area contributed by atoms with Crippen molar-refractivity contribution in [1.82, 2.24) is 14.8 Å². The average Bonchev–Trinajstić information content (AvgIpc) is 2.99. The lowest BCUT2D eigenvalue weighted by atomic mass is 10.3. The quantitative estimate of drug-likeness (QED) is 0.564. The van der Waals surface area contributed by atoms with Crippen molar-refractivity contribution in [2.24, 2.45) is 0 Å². The van der Waals surface area contributed by atoms with Crippen LogP contribution in [0.1, 0.15) is 6.42 Å². The summed E-state index contributed by atoms with van der Waals surface area (Å²) in [5.74, 6) is -0.979. The Hall–Kier alpha value is -2.07. The van der Waals surface area contributed by atoms with Crippen LogP contribution in [0.3, 0.4) is 0 Å². The van der Waals surface area contributed by atoms with E-state index in [1.807, 2.05) is 0 Å². The Morgan fingerprint density at radius 3 is 2.81 bits per heavy atom. The van der Waals surface area contributed by atoms with Crippen LogP contribution in [-0.2, 0) is 4.79 Å². The molecule has 0 spiro atoms. The van der Waals surface area contributed by atoms with Gasteiger partial charge in [0.15, 0.2) is 5.15 Å². The molecule has 0 saturated heterocycles. The standard InChI is InChI=1S/C15H15ClF3N5OS/c1-23(14(25)11(20)9-26-6-4-15(17,18)19)12-8-24(22-13(12)16)10-3-2-5-21-7-10/h2-3,5,7-8,20H,4,6,9H2,1H3. The zero-order valence-corrected chi connectivity index (χ0v) is 15.2. The molecule has 1 amide bonds. The SMILES string of the molecule is CN(C(=O)C(=N)CSCCC(F)(F)F)c1cn(-c2cccnc2)nc1Cl. The molecule has 0 aromatic carbocycles. The van der Waals surface area contributed by atoms with Gasteiger partial charge in [-0.15, -0.1) is 0 Å². The number of aromatic nitrogens is 3. The molecule has 0 aliphatic carbocycles. The maximum atomic E-state index is 12.3. The van der Waals surface area contributed by atoms with Crippen LogP contribution in [0.5, 0.6) is 0 Å². The number of carbonyl (C=O) groups excluding carboxylic acids is 1. The van der Waals surface area contributed by atoms with Crippen molar-refractivity contribution >= 4 is 40.7 Å². The summed E-state index contributed by atoms with van der Waals surface area (Å²) in [6, 6.07) is 3.47. The lowest BCUT2D eigenvalue weighted by molar-refractivity contribution is -0.129. The predicted molar refractivity (Wildman–Crippen MR) is 95.5 cm³/mol. The minimum absolute atomic E-state index is 0.0576. The molecule has 0 atom stereocenters. The van der Waals surface area contributed by atoms with Crippen molar-refractivity contribution in [3.63, 3.8) is 0 Å². The molecule has 0 aliphatic heterocycles. The Bertz CT molecular complexity index is 781. The highest BCUT2D eigenvalue weighted by molar-refractivity contribution is 8.00. The van der Waals surface area contributed by atoms with Crippen LogP contribution in [0.2, 0.25) is 5.15 Å². The van der Waals surface area contributed by atoms with E-state index in [2.05, 4.69) is 10.1 Å². The topological polar surface area (TPSA) is 74.9 Å². The van der Waals surface area contributed by atoms with Gasteiger partial charge in [0.05, 0.1) is 24.5 Å². The van der Waals surface area contributed by atoms with Gasteiger partial charge in [0, 0.05) is 24.8 Å². The van der Waals surface area contributed by atoms with Crippen LogP contribution in [0, 0.1) is 5.41 Å². The molecule has 6 nitrogen and oxygen atoms in total. The molecule has 2 aromatic heterocycles. The molecule has 0 saturated carbocycles. The number of alkyl halides is 3. The van der Waals surface area contributed by atoms with E-state index >= 15 is 0 Å². The molecular weight excluding hydrogens is 391 g/mol. The molecule has 2 heterocycles. The van der Waals surface area contributed by atoms with Crippen LogP contribution in [0.15, 0.2) is 30.7 Å². The first-order valence-electron chi connectivity index (χ1n) is 7.34. The molecule has 0 bridgehead atoms. The maximum absolute atomic E-state index is 12.3. The summed E-state index contributed by atoms with van der Waals surface area (Å²) in [6.45, 7) is 0. The van der Waals surface area contributed by atoms with Gasteiger partial charge >= 0.3 is 6.18 Å². The minimum atomic E-state index is -4.25. The largest absolute Gasteiger partial charge is 0.389 e. The number of anilines is 1. The van der Waals surface area contributed by atoms with Crippen molar-refractivity contribution in [2.45, 2.75) is 12.6 Å². The molecule has 140 valence electrons. The van der Waals surface area contributed by atoms with Gasteiger partial charge in [-0.25, -0.2) is 4.68 Å².